The summed E-state index contributed by atoms with van der Waals surface area (Å²) in [5.41, 5.74) is 1.34. The first kappa shape index (κ1) is 23.6. The summed E-state index contributed by atoms with van der Waals surface area (Å²) < 4.78 is 24.1. The van der Waals surface area contributed by atoms with Crippen molar-refractivity contribution in [2.45, 2.75) is 82.4 Å². The molecule has 1 aliphatic carbocycles. The average molecular weight is 464 g/mol. The second kappa shape index (κ2) is 11.6. The minimum atomic E-state index is -0.0854. The molecule has 0 N–H and O–H groups in total. The third-order valence-corrected chi connectivity index (χ3v) is 7.20. The van der Waals surface area contributed by atoms with Crippen molar-refractivity contribution in [3.8, 4) is 0 Å². The van der Waals surface area contributed by atoms with Crippen LogP contribution in [0, 0.1) is 11.8 Å². The predicted octanol–water partition coefficient (Wildman–Crippen LogP) is 4.38. The van der Waals surface area contributed by atoms with Gasteiger partial charge < -0.3 is 18.9 Å². The number of hydrogen-bond acceptors (Lipinski definition) is 5. The molecule has 8 atom stereocenters. The number of ether oxygens (including phenoxy) is 3. The van der Waals surface area contributed by atoms with Crippen LogP contribution in [0.2, 0.25) is 0 Å². The van der Waals surface area contributed by atoms with E-state index in [1.54, 1.807) is 0 Å². The van der Waals surface area contributed by atoms with Gasteiger partial charge in [0, 0.05) is 25.0 Å². The maximum atomic E-state index is 11.9. The molecule has 3 aliphatic rings. The van der Waals surface area contributed by atoms with Crippen molar-refractivity contribution in [3.05, 3.63) is 35.9 Å². The molecule has 8 heteroatoms. The molecule has 0 radical (unpaired) electrons. The lowest BCUT2D eigenvalue weighted by atomic mass is 9.86. The van der Waals surface area contributed by atoms with E-state index < -0.39 is 0 Å². The molecule has 2 saturated heterocycles. The summed E-state index contributed by atoms with van der Waals surface area (Å²) in [6, 6.07) is 10.6. The number of carbonyl (C=O) groups excluding carboxylic acids is 1. The summed E-state index contributed by atoms with van der Waals surface area (Å²) in [5.74, 6) is 0.543. The highest BCUT2D eigenvalue weighted by atomic mass is 31.1. The molecule has 1 saturated carbocycles. The van der Waals surface area contributed by atoms with Crippen molar-refractivity contribution in [1.82, 2.24) is 0 Å². The van der Waals surface area contributed by atoms with Gasteiger partial charge in [-0.3, -0.25) is 4.79 Å². The fraction of sp³-hybridized carbons (Fsp3) is 0.696. The Morgan fingerprint density at radius 2 is 2.00 bits per heavy atom. The summed E-state index contributed by atoms with van der Waals surface area (Å²) in [7, 11) is 5.38. The molecule has 0 aromatic heterocycles. The molecule has 1 aromatic rings. The summed E-state index contributed by atoms with van der Waals surface area (Å²) in [4.78, 5) is 11.9. The predicted molar refractivity (Wildman–Crippen MR) is 129 cm³/mol. The van der Waals surface area contributed by atoms with Crippen LogP contribution >= 0.6 is 18.2 Å². The second-order valence-electron chi connectivity index (χ2n) is 9.09. The molecule has 170 valence electrons. The largest absolute Gasteiger partial charge is 0.462 e. The molecule has 3 fully saturated rings. The highest BCUT2D eigenvalue weighted by Crippen LogP contribution is 2.45. The Hall–Kier alpha value is -0.505. The van der Waals surface area contributed by atoms with Gasteiger partial charge in [-0.2, -0.15) is 0 Å². The normalized spacial score (nSPS) is 31.3. The Morgan fingerprint density at radius 3 is 2.74 bits per heavy atom. The quantitative estimate of drug-likeness (QED) is 0.292. The van der Waals surface area contributed by atoms with Crippen molar-refractivity contribution in [2.24, 2.45) is 11.8 Å². The fourth-order valence-corrected chi connectivity index (χ4v) is 5.78. The van der Waals surface area contributed by atoms with E-state index in [2.05, 4.69) is 48.6 Å². The number of benzene rings is 1. The maximum absolute atomic E-state index is 11.9. The van der Waals surface area contributed by atoms with Crippen LogP contribution in [0.1, 0.15) is 56.9 Å². The molecule has 0 bridgehead atoms. The van der Waals surface area contributed by atoms with Crippen LogP contribution in [-0.2, 0) is 30.1 Å². The highest BCUT2D eigenvalue weighted by Gasteiger charge is 2.50. The minimum absolute atomic E-state index is 0.0154. The van der Waals surface area contributed by atoms with Crippen LogP contribution in [0.5, 0.6) is 0 Å². The van der Waals surface area contributed by atoms with E-state index in [1.807, 2.05) is 0 Å². The van der Waals surface area contributed by atoms with E-state index >= 15 is 0 Å². The first-order chi connectivity index (χ1) is 15.1. The SMILES string of the molecule is O=C1C[C@@H]2[C@@H](CC[C@H](CCc3ccccc3)OC3CCCCO3)[C@H](OB(P)P)C[C@@H]2O1. The third kappa shape index (κ3) is 6.75. The van der Waals surface area contributed by atoms with Crippen molar-refractivity contribution in [3.63, 3.8) is 0 Å². The molecule has 2 aliphatic heterocycles. The number of rotatable bonds is 10. The van der Waals surface area contributed by atoms with Crippen LogP contribution in [0.15, 0.2) is 30.3 Å². The first-order valence-corrected chi connectivity index (χ1v) is 13.1. The van der Waals surface area contributed by atoms with Crippen molar-refractivity contribution >= 4 is 30.6 Å². The molecule has 4 rings (SSSR count). The Kier molecular flexibility index (Phi) is 8.83. The Balaban J connectivity index is 1.38. The summed E-state index contributed by atoms with van der Waals surface area (Å²) in [6.07, 6.45) is 8.72. The zero-order valence-electron chi connectivity index (χ0n) is 18.2. The molecule has 0 spiro atoms. The van der Waals surface area contributed by atoms with Gasteiger partial charge in [-0.05, 0) is 56.4 Å². The first-order valence-electron chi connectivity index (χ1n) is 11.8. The number of esters is 1. The van der Waals surface area contributed by atoms with Crippen LogP contribution < -0.4 is 0 Å². The topological polar surface area (TPSA) is 54.0 Å². The fourth-order valence-electron chi connectivity index (χ4n) is 5.38. The lowest BCUT2D eigenvalue weighted by Crippen LogP contribution is -2.30. The zero-order valence-corrected chi connectivity index (χ0v) is 20.5. The van der Waals surface area contributed by atoms with Gasteiger partial charge in [0.15, 0.2) is 6.29 Å². The van der Waals surface area contributed by atoms with E-state index in [-0.39, 0.29) is 42.8 Å². The molecule has 1 aromatic carbocycles. The highest BCUT2D eigenvalue weighted by molar-refractivity contribution is 7.92. The molecule has 5 nitrogen and oxygen atoms in total. The standard InChI is InChI=1S/C23H35BO5P2/c25-22-14-19-18(21(29-24(30)31)15-20(19)28-22)12-11-17(27-23-8-4-5-13-26-23)10-9-16-6-2-1-3-7-16/h1-3,6-7,17-21,23H,4-5,8-15,30-31H2/t17-,18+,19+,20-,21+,23?/m0/s1. The van der Waals surface area contributed by atoms with Gasteiger partial charge in [0.25, 0.3) is 0 Å². The molecule has 0 amide bonds. The molecular formula is C23H35BO5P2. The smallest absolute Gasteiger partial charge is 0.336 e. The van der Waals surface area contributed by atoms with Gasteiger partial charge in [-0.1, -0.05) is 30.3 Å². The van der Waals surface area contributed by atoms with E-state index in [0.29, 0.717) is 12.3 Å². The van der Waals surface area contributed by atoms with Gasteiger partial charge in [-0.25, -0.2) is 0 Å². The van der Waals surface area contributed by atoms with Gasteiger partial charge in [0.05, 0.1) is 12.5 Å². The van der Waals surface area contributed by atoms with Gasteiger partial charge in [0.2, 0.25) is 0 Å². The number of aryl methyl sites for hydroxylation is 1. The summed E-state index contributed by atoms with van der Waals surface area (Å²) >= 11 is 0. The van der Waals surface area contributed by atoms with Crippen molar-refractivity contribution in [2.75, 3.05) is 6.61 Å². The Labute approximate surface area is 191 Å². The zero-order chi connectivity index (χ0) is 21.6. The lowest BCUT2D eigenvalue weighted by Gasteiger charge is -2.30. The van der Waals surface area contributed by atoms with Gasteiger partial charge in [-0.15, -0.1) is 18.2 Å². The van der Waals surface area contributed by atoms with Crippen molar-refractivity contribution in [1.29, 1.82) is 0 Å². The number of carbonyl (C=O) groups is 1. The van der Waals surface area contributed by atoms with E-state index in [0.717, 1.165) is 51.6 Å². The Morgan fingerprint density at radius 1 is 1.16 bits per heavy atom. The number of fused-ring (bicyclic) bond motifs is 1. The van der Waals surface area contributed by atoms with E-state index in [9.17, 15) is 4.79 Å². The van der Waals surface area contributed by atoms with Crippen molar-refractivity contribution < 1.29 is 23.7 Å². The van der Waals surface area contributed by atoms with Crippen LogP contribution in [0.4, 0.5) is 0 Å². The Bertz CT molecular complexity index is 700. The number of hydrogen-bond donors (Lipinski definition) is 0. The summed E-state index contributed by atoms with van der Waals surface area (Å²) in [5, 5.41) is 0. The maximum Gasteiger partial charge on any atom is 0.336 e. The minimum Gasteiger partial charge on any atom is -0.462 e. The third-order valence-electron chi connectivity index (χ3n) is 6.89. The molecular weight excluding hydrogens is 429 g/mol. The van der Waals surface area contributed by atoms with E-state index in [4.69, 9.17) is 18.9 Å². The van der Waals surface area contributed by atoms with Gasteiger partial charge >= 0.3 is 12.3 Å². The monoisotopic (exact) mass is 464 g/mol. The van der Waals surface area contributed by atoms with Crippen LogP contribution in [0.25, 0.3) is 0 Å². The molecule has 3 unspecified atom stereocenters. The molecule has 31 heavy (non-hydrogen) atoms. The average Bonchev–Trinajstić information content (AvgIpc) is 3.26. The molecule has 2 heterocycles. The van der Waals surface area contributed by atoms with E-state index in [1.165, 1.54) is 12.0 Å². The lowest BCUT2D eigenvalue weighted by molar-refractivity contribution is -0.191. The van der Waals surface area contributed by atoms with Gasteiger partial charge in [0.1, 0.15) is 6.10 Å². The second-order valence-corrected chi connectivity index (χ2v) is 11.2. The van der Waals surface area contributed by atoms with Crippen LogP contribution in [0.3, 0.4) is 0 Å². The van der Waals surface area contributed by atoms with Crippen LogP contribution in [-0.4, -0.2) is 43.5 Å². The summed E-state index contributed by atoms with van der Waals surface area (Å²) in [6.45, 7) is 0.793.